The lowest BCUT2D eigenvalue weighted by Crippen LogP contribution is -2.25. The minimum absolute atomic E-state index is 0.0751. The number of aromatic amines is 1. The number of fused-ring (bicyclic) bond motifs is 3. The monoisotopic (exact) mass is 300 g/mol. The van der Waals surface area contributed by atoms with E-state index in [0.29, 0.717) is 11.2 Å². The molecule has 0 fully saturated rings. The largest absolute Gasteiger partial charge is 0.459 e. The molecule has 1 aromatic carbocycles. The number of aryl methyl sites for hydroxylation is 1. The summed E-state index contributed by atoms with van der Waals surface area (Å²) in [7, 11) is 0. The van der Waals surface area contributed by atoms with Crippen LogP contribution in [-0.2, 0) is 27.2 Å². The number of anilines is 1. The highest BCUT2D eigenvalue weighted by Crippen LogP contribution is 2.27. The van der Waals surface area contributed by atoms with Crippen LogP contribution in [0.3, 0.4) is 0 Å². The number of nitrogens with one attached hydrogen (secondary N) is 2. The smallest absolute Gasteiger partial charge is 0.397 e. The van der Waals surface area contributed by atoms with Crippen molar-refractivity contribution in [2.45, 2.75) is 26.2 Å². The van der Waals surface area contributed by atoms with E-state index in [-0.39, 0.29) is 12.2 Å². The number of pyridine rings is 1. The van der Waals surface area contributed by atoms with Crippen molar-refractivity contribution < 1.29 is 14.3 Å². The van der Waals surface area contributed by atoms with Crippen molar-refractivity contribution in [1.82, 2.24) is 4.98 Å². The molecule has 2 N–H and O–H groups in total. The molecular weight excluding hydrogens is 284 g/mol. The van der Waals surface area contributed by atoms with Gasteiger partial charge in [-0.2, -0.15) is 0 Å². The molecule has 0 spiro atoms. The van der Waals surface area contributed by atoms with E-state index in [4.69, 9.17) is 0 Å². The van der Waals surface area contributed by atoms with Gasteiger partial charge >= 0.3 is 11.9 Å². The van der Waals surface area contributed by atoms with Gasteiger partial charge in [0.25, 0.3) is 5.56 Å². The van der Waals surface area contributed by atoms with Gasteiger partial charge in [-0.3, -0.25) is 9.59 Å². The number of amides is 1. The molecule has 2 aromatic rings. The van der Waals surface area contributed by atoms with Crippen molar-refractivity contribution in [3.63, 3.8) is 0 Å². The van der Waals surface area contributed by atoms with Crippen LogP contribution in [0, 0.1) is 0 Å². The predicted octanol–water partition coefficient (Wildman–Crippen LogP) is 1.52. The number of ether oxygens (including phenoxy) is 1. The van der Waals surface area contributed by atoms with Gasteiger partial charge in [0.2, 0.25) is 0 Å². The third-order valence-corrected chi connectivity index (χ3v) is 3.80. The van der Waals surface area contributed by atoms with Crippen LogP contribution < -0.4 is 10.9 Å². The molecule has 6 heteroatoms. The Kier molecular flexibility index (Phi) is 3.66. The molecule has 1 aromatic heterocycles. The Morgan fingerprint density at radius 2 is 2.05 bits per heavy atom. The molecule has 1 heterocycles. The third-order valence-electron chi connectivity index (χ3n) is 3.80. The van der Waals surface area contributed by atoms with Crippen LogP contribution in [0.2, 0.25) is 0 Å². The molecular formula is C16H16N2O4. The maximum atomic E-state index is 12.0. The summed E-state index contributed by atoms with van der Waals surface area (Å²) in [5, 5.41) is 3.46. The van der Waals surface area contributed by atoms with Crippen LogP contribution in [0.1, 0.15) is 24.5 Å². The molecule has 0 unspecified atom stereocenters. The summed E-state index contributed by atoms with van der Waals surface area (Å²) in [6, 6.07) is 5.24. The van der Waals surface area contributed by atoms with Crippen molar-refractivity contribution in [3.05, 3.63) is 39.7 Å². The lowest BCUT2D eigenvalue weighted by molar-refractivity contribution is -0.152. The molecule has 0 radical (unpaired) electrons. The first kappa shape index (κ1) is 14.3. The third kappa shape index (κ3) is 2.47. The maximum absolute atomic E-state index is 12.0. The van der Waals surface area contributed by atoms with Gasteiger partial charge in [-0.15, -0.1) is 0 Å². The molecule has 1 aliphatic rings. The first-order valence-electron chi connectivity index (χ1n) is 7.26. The van der Waals surface area contributed by atoms with Gasteiger partial charge in [0.15, 0.2) is 0 Å². The van der Waals surface area contributed by atoms with Crippen LogP contribution in [0.15, 0.2) is 23.0 Å². The Balaban J connectivity index is 1.94. The lowest BCUT2D eigenvalue weighted by Gasteiger charge is -2.08. The van der Waals surface area contributed by atoms with Gasteiger partial charge < -0.3 is 15.0 Å². The SMILES string of the molecule is CCOC(=O)C(=O)Nc1ccc2c3c(c(=O)[nH]c2c1)CCC3. The van der Waals surface area contributed by atoms with E-state index in [1.165, 1.54) is 0 Å². The number of carbonyl (C=O) groups is 2. The number of aromatic nitrogens is 1. The molecule has 0 saturated carbocycles. The Morgan fingerprint density at radius 1 is 1.27 bits per heavy atom. The van der Waals surface area contributed by atoms with Crippen molar-refractivity contribution in [2.24, 2.45) is 0 Å². The minimum atomic E-state index is -0.926. The molecule has 114 valence electrons. The van der Waals surface area contributed by atoms with Gasteiger partial charge in [0.1, 0.15) is 0 Å². The molecule has 0 aliphatic heterocycles. The van der Waals surface area contributed by atoms with E-state index in [1.54, 1.807) is 19.1 Å². The number of esters is 1. The topological polar surface area (TPSA) is 88.3 Å². The molecule has 0 saturated heterocycles. The Labute approximate surface area is 126 Å². The van der Waals surface area contributed by atoms with Crippen molar-refractivity contribution in [3.8, 4) is 0 Å². The second kappa shape index (κ2) is 5.63. The summed E-state index contributed by atoms with van der Waals surface area (Å²) < 4.78 is 4.63. The van der Waals surface area contributed by atoms with Crippen molar-refractivity contribution in [1.29, 1.82) is 0 Å². The minimum Gasteiger partial charge on any atom is -0.459 e. The second-order valence-electron chi connectivity index (χ2n) is 5.20. The van der Waals surface area contributed by atoms with Gasteiger partial charge in [0, 0.05) is 16.6 Å². The highest BCUT2D eigenvalue weighted by Gasteiger charge is 2.19. The quantitative estimate of drug-likeness (QED) is 0.650. The fraction of sp³-hybridized carbons (Fsp3) is 0.312. The predicted molar refractivity (Wildman–Crippen MR) is 81.9 cm³/mol. The lowest BCUT2D eigenvalue weighted by atomic mass is 10.1. The van der Waals surface area contributed by atoms with Gasteiger partial charge in [0.05, 0.1) is 12.1 Å². The number of H-pyrrole nitrogens is 1. The number of hydrogen-bond donors (Lipinski definition) is 2. The highest BCUT2D eigenvalue weighted by molar-refractivity contribution is 6.37. The van der Waals surface area contributed by atoms with Crippen LogP contribution >= 0.6 is 0 Å². The molecule has 0 atom stereocenters. The van der Waals surface area contributed by atoms with Crippen LogP contribution in [0.4, 0.5) is 5.69 Å². The number of benzene rings is 1. The van der Waals surface area contributed by atoms with Gasteiger partial charge in [-0.1, -0.05) is 6.07 Å². The summed E-state index contributed by atoms with van der Waals surface area (Å²) in [6.07, 6.45) is 2.69. The summed E-state index contributed by atoms with van der Waals surface area (Å²) in [5.74, 6) is -1.75. The summed E-state index contributed by atoms with van der Waals surface area (Å²) in [5.41, 5.74) is 2.97. The molecule has 0 bridgehead atoms. The average molecular weight is 300 g/mol. The summed E-state index contributed by atoms with van der Waals surface area (Å²) in [6.45, 7) is 1.77. The van der Waals surface area contributed by atoms with E-state index in [2.05, 4.69) is 15.0 Å². The Bertz CT molecular complexity index is 823. The fourth-order valence-corrected chi connectivity index (χ4v) is 2.86. The van der Waals surface area contributed by atoms with Crippen LogP contribution in [-0.4, -0.2) is 23.5 Å². The molecule has 1 aliphatic carbocycles. The summed E-state index contributed by atoms with van der Waals surface area (Å²) >= 11 is 0. The number of rotatable bonds is 2. The van der Waals surface area contributed by atoms with E-state index < -0.39 is 11.9 Å². The zero-order chi connectivity index (χ0) is 15.7. The molecule has 1 amide bonds. The fourth-order valence-electron chi connectivity index (χ4n) is 2.86. The number of hydrogen-bond acceptors (Lipinski definition) is 4. The first-order valence-corrected chi connectivity index (χ1v) is 7.26. The Morgan fingerprint density at radius 3 is 2.82 bits per heavy atom. The van der Waals surface area contributed by atoms with Gasteiger partial charge in [-0.25, -0.2) is 4.79 Å². The average Bonchev–Trinajstić information content (AvgIpc) is 2.97. The standard InChI is InChI=1S/C16H16N2O4/c1-2-22-16(21)15(20)17-9-6-7-11-10-4-3-5-12(10)14(19)18-13(11)8-9/h6-8H,2-5H2,1H3,(H,17,20)(H,18,19). The summed E-state index contributed by atoms with van der Waals surface area (Å²) in [4.78, 5) is 37.8. The maximum Gasteiger partial charge on any atom is 0.397 e. The van der Waals surface area contributed by atoms with Gasteiger partial charge in [-0.05, 0) is 43.9 Å². The number of carbonyl (C=O) groups excluding carboxylic acids is 2. The van der Waals surface area contributed by atoms with Crippen LogP contribution in [0.5, 0.6) is 0 Å². The highest BCUT2D eigenvalue weighted by atomic mass is 16.5. The van der Waals surface area contributed by atoms with E-state index >= 15 is 0 Å². The molecule has 22 heavy (non-hydrogen) atoms. The molecule has 6 nitrogen and oxygen atoms in total. The zero-order valence-electron chi connectivity index (χ0n) is 12.2. The van der Waals surface area contributed by atoms with E-state index in [0.717, 1.165) is 35.8 Å². The van der Waals surface area contributed by atoms with E-state index in [1.807, 2.05) is 6.07 Å². The zero-order valence-corrected chi connectivity index (χ0v) is 12.2. The molecule has 3 rings (SSSR count). The Hall–Kier alpha value is -2.63. The van der Waals surface area contributed by atoms with Crippen LogP contribution in [0.25, 0.3) is 10.9 Å². The van der Waals surface area contributed by atoms with Crippen molar-refractivity contribution >= 4 is 28.5 Å². The second-order valence-corrected chi connectivity index (χ2v) is 5.20. The van der Waals surface area contributed by atoms with E-state index in [9.17, 15) is 14.4 Å². The van der Waals surface area contributed by atoms with Crippen molar-refractivity contribution in [2.75, 3.05) is 11.9 Å². The first-order chi connectivity index (χ1) is 10.6. The normalized spacial score (nSPS) is 13.0.